The van der Waals surface area contributed by atoms with Crippen LogP contribution in [-0.4, -0.2) is 24.9 Å². The molecule has 2 aromatic heterocycles. The fourth-order valence-electron chi connectivity index (χ4n) is 2.60. The van der Waals surface area contributed by atoms with E-state index in [-0.39, 0.29) is 17.0 Å². The van der Waals surface area contributed by atoms with Crippen LogP contribution in [0.4, 0.5) is 4.39 Å². The van der Waals surface area contributed by atoms with Crippen molar-refractivity contribution in [2.24, 2.45) is 5.92 Å². The predicted molar refractivity (Wildman–Crippen MR) is 103 cm³/mol. The number of rotatable bonds is 7. The second kappa shape index (κ2) is 8.21. The number of nitrogens with zero attached hydrogens (tertiary/aromatic N) is 5. The van der Waals surface area contributed by atoms with Crippen molar-refractivity contribution in [3.63, 3.8) is 0 Å². The summed E-state index contributed by atoms with van der Waals surface area (Å²) in [7, 11) is 0. The van der Waals surface area contributed by atoms with Crippen molar-refractivity contribution < 1.29 is 8.91 Å². The summed E-state index contributed by atoms with van der Waals surface area (Å²) in [5.74, 6) is 2.03. The second-order valence-electron chi connectivity index (χ2n) is 7.20. The zero-order valence-corrected chi connectivity index (χ0v) is 17.0. The van der Waals surface area contributed by atoms with Crippen LogP contribution in [0.25, 0.3) is 11.4 Å². The summed E-state index contributed by atoms with van der Waals surface area (Å²) in [5, 5.41) is 13.2. The highest BCUT2D eigenvalue weighted by Gasteiger charge is 2.23. The minimum Gasteiger partial charge on any atom is -0.338 e. The first-order valence-electron chi connectivity index (χ1n) is 9.05. The Balaban J connectivity index is 1.91. The Labute approximate surface area is 162 Å². The predicted octanol–water partition coefficient (Wildman–Crippen LogP) is 5.10. The molecule has 27 heavy (non-hydrogen) atoms. The SMILES string of the molecule is CC(C)Cn1c(S[C@H](C)c2nc(C(C)C)no2)nnc1-c1ccccc1F. The van der Waals surface area contributed by atoms with Gasteiger partial charge in [0.1, 0.15) is 5.82 Å². The first kappa shape index (κ1) is 19.5. The van der Waals surface area contributed by atoms with Gasteiger partial charge in [0, 0.05) is 12.5 Å². The van der Waals surface area contributed by atoms with E-state index in [4.69, 9.17) is 4.52 Å². The molecule has 3 rings (SSSR count). The van der Waals surface area contributed by atoms with Gasteiger partial charge in [0.05, 0.1) is 10.8 Å². The van der Waals surface area contributed by atoms with Crippen molar-refractivity contribution in [1.82, 2.24) is 24.9 Å². The number of hydrogen-bond donors (Lipinski definition) is 0. The Hall–Kier alpha value is -2.22. The molecule has 0 bridgehead atoms. The molecular formula is C19H24FN5OS. The van der Waals surface area contributed by atoms with Gasteiger partial charge in [0.25, 0.3) is 0 Å². The Bertz CT molecular complexity index is 905. The molecule has 0 amide bonds. The normalized spacial score (nSPS) is 12.9. The van der Waals surface area contributed by atoms with Gasteiger partial charge in [-0.15, -0.1) is 10.2 Å². The molecular weight excluding hydrogens is 365 g/mol. The number of hydrogen-bond acceptors (Lipinski definition) is 6. The van der Waals surface area contributed by atoms with Gasteiger partial charge in [-0.05, 0) is 25.0 Å². The zero-order valence-electron chi connectivity index (χ0n) is 16.2. The second-order valence-corrected chi connectivity index (χ2v) is 8.50. The van der Waals surface area contributed by atoms with E-state index in [0.717, 1.165) is 0 Å². The lowest BCUT2D eigenvalue weighted by Gasteiger charge is -2.14. The zero-order chi connectivity index (χ0) is 19.6. The first-order chi connectivity index (χ1) is 12.9. The highest BCUT2D eigenvalue weighted by Crippen LogP contribution is 2.35. The van der Waals surface area contributed by atoms with Gasteiger partial charge in [0.2, 0.25) is 5.89 Å². The summed E-state index contributed by atoms with van der Waals surface area (Å²) in [6.45, 7) is 10.9. The number of aromatic nitrogens is 5. The monoisotopic (exact) mass is 389 g/mol. The van der Waals surface area contributed by atoms with Crippen LogP contribution in [0.5, 0.6) is 0 Å². The van der Waals surface area contributed by atoms with Gasteiger partial charge in [-0.3, -0.25) is 0 Å². The van der Waals surface area contributed by atoms with E-state index in [0.29, 0.717) is 40.7 Å². The van der Waals surface area contributed by atoms with Crippen molar-refractivity contribution >= 4 is 11.8 Å². The van der Waals surface area contributed by atoms with E-state index in [1.165, 1.54) is 17.8 Å². The molecule has 0 spiro atoms. The summed E-state index contributed by atoms with van der Waals surface area (Å²) in [5.41, 5.74) is 0.449. The average molecular weight is 390 g/mol. The van der Waals surface area contributed by atoms with E-state index in [1.54, 1.807) is 18.2 Å². The van der Waals surface area contributed by atoms with E-state index in [2.05, 4.69) is 34.2 Å². The van der Waals surface area contributed by atoms with Crippen LogP contribution >= 0.6 is 11.8 Å². The van der Waals surface area contributed by atoms with Crippen LogP contribution in [0, 0.1) is 11.7 Å². The average Bonchev–Trinajstić information content (AvgIpc) is 3.24. The molecule has 2 heterocycles. The Morgan fingerprint density at radius 3 is 2.48 bits per heavy atom. The lowest BCUT2D eigenvalue weighted by Crippen LogP contribution is -2.09. The Morgan fingerprint density at radius 1 is 1.11 bits per heavy atom. The van der Waals surface area contributed by atoms with Crippen molar-refractivity contribution in [3.05, 3.63) is 41.8 Å². The lowest BCUT2D eigenvalue weighted by molar-refractivity contribution is 0.372. The smallest absolute Gasteiger partial charge is 0.239 e. The van der Waals surface area contributed by atoms with Gasteiger partial charge in [-0.25, -0.2) is 4.39 Å². The summed E-state index contributed by atoms with van der Waals surface area (Å²) in [6, 6.07) is 6.63. The largest absolute Gasteiger partial charge is 0.338 e. The molecule has 6 nitrogen and oxygen atoms in total. The van der Waals surface area contributed by atoms with Crippen LogP contribution in [0.15, 0.2) is 33.9 Å². The van der Waals surface area contributed by atoms with Crippen LogP contribution in [0.1, 0.15) is 57.5 Å². The maximum atomic E-state index is 14.3. The molecule has 0 saturated heterocycles. The van der Waals surface area contributed by atoms with Gasteiger partial charge < -0.3 is 9.09 Å². The van der Waals surface area contributed by atoms with Crippen LogP contribution in [0.2, 0.25) is 0 Å². The molecule has 0 aliphatic rings. The summed E-state index contributed by atoms with van der Waals surface area (Å²) in [6.07, 6.45) is 0. The molecule has 0 radical (unpaired) electrons. The minimum atomic E-state index is -0.307. The van der Waals surface area contributed by atoms with Gasteiger partial charge in [0.15, 0.2) is 16.8 Å². The van der Waals surface area contributed by atoms with Crippen LogP contribution in [-0.2, 0) is 6.54 Å². The minimum absolute atomic E-state index is 0.0893. The maximum absolute atomic E-state index is 14.3. The summed E-state index contributed by atoms with van der Waals surface area (Å²) in [4.78, 5) is 4.46. The third-order valence-corrected chi connectivity index (χ3v) is 5.05. The van der Waals surface area contributed by atoms with E-state index < -0.39 is 0 Å². The fraction of sp³-hybridized carbons (Fsp3) is 0.474. The fourth-order valence-corrected chi connectivity index (χ4v) is 3.49. The topological polar surface area (TPSA) is 69.6 Å². The van der Waals surface area contributed by atoms with Crippen LogP contribution < -0.4 is 0 Å². The van der Waals surface area contributed by atoms with E-state index in [1.807, 2.05) is 25.3 Å². The third-order valence-electron chi connectivity index (χ3n) is 3.98. The van der Waals surface area contributed by atoms with Crippen molar-refractivity contribution in [3.8, 4) is 11.4 Å². The quantitative estimate of drug-likeness (QED) is 0.524. The molecule has 0 saturated carbocycles. The van der Waals surface area contributed by atoms with Crippen molar-refractivity contribution in [2.75, 3.05) is 0 Å². The Kier molecular flexibility index (Phi) is 5.94. The number of thioether (sulfide) groups is 1. The van der Waals surface area contributed by atoms with E-state index >= 15 is 0 Å². The molecule has 8 heteroatoms. The summed E-state index contributed by atoms with van der Waals surface area (Å²) < 4.78 is 21.6. The highest BCUT2D eigenvalue weighted by molar-refractivity contribution is 7.99. The Morgan fingerprint density at radius 2 is 1.85 bits per heavy atom. The van der Waals surface area contributed by atoms with Crippen LogP contribution in [0.3, 0.4) is 0 Å². The maximum Gasteiger partial charge on any atom is 0.239 e. The standard InChI is InChI=1S/C19H24FN5OS/c1-11(2)10-25-17(14-8-6-7-9-15(14)20)22-23-19(25)27-13(5)18-21-16(12(3)4)24-26-18/h6-9,11-13H,10H2,1-5H3/t13-/m1/s1. The molecule has 0 aliphatic heterocycles. The molecule has 1 aromatic carbocycles. The van der Waals surface area contributed by atoms with Gasteiger partial charge in [-0.1, -0.05) is 56.7 Å². The molecule has 0 fully saturated rings. The van der Waals surface area contributed by atoms with Gasteiger partial charge >= 0.3 is 0 Å². The van der Waals surface area contributed by atoms with E-state index in [9.17, 15) is 4.39 Å². The van der Waals surface area contributed by atoms with Gasteiger partial charge in [-0.2, -0.15) is 4.98 Å². The van der Waals surface area contributed by atoms with Crippen molar-refractivity contribution in [1.29, 1.82) is 0 Å². The molecule has 3 aromatic rings. The molecule has 144 valence electrons. The summed E-state index contributed by atoms with van der Waals surface area (Å²) >= 11 is 1.48. The molecule has 0 N–H and O–H groups in total. The first-order valence-corrected chi connectivity index (χ1v) is 9.93. The molecule has 0 aliphatic carbocycles. The lowest BCUT2D eigenvalue weighted by atomic mass is 10.2. The van der Waals surface area contributed by atoms with Crippen molar-refractivity contribution in [2.45, 2.75) is 57.5 Å². The number of benzene rings is 1. The molecule has 1 atom stereocenters. The number of halogens is 1. The third kappa shape index (κ3) is 4.37. The molecule has 0 unspecified atom stereocenters. The highest BCUT2D eigenvalue weighted by atomic mass is 32.2.